The number of aromatic hydroxyl groups is 1. The molecule has 3 nitrogen and oxygen atoms in total. The van der Waals surface area contributed by atoms with Gasteiger partial charge in [-0.15, -0.1) is 0 Å². The lowest BCUT2D eigenvalue weighted by molar-refractivity contribution is 0.470. The normalized spacial score (nSPS) is 12.8. The summed E-state index contributed by atoms with van der Waals surface area (Å²) in [5.74, 6) is 0.213. The van der Waals surface area contributed by atoms with Crippen molar-refractivity contribution in [1.29, 1.82) is 0 Å². The average molecular weight is 166 g/mol. The lowest BCUT2D eigenvalue weighted by Crippen LogP contribution is -2.16. The van der Waals surface area contributed by atoms with E-state index in [1.165, 1.54) is 6.20 Å². The maximum Gasteiger partial charge on any atom is 0.133 e. The molecule has 0 fully saturated rings. The van der Waals surface area contributed by atoms with Crippen molar-refractivity contribution in [2.75, 3.05) is 7.05 Å². The van der Waals surface area contributed by atoms with E-state index in [-0.39, 0.29) is 11.8 Å². The third-order valence-electron chi connectivity index (χ3n) is 1.88. The number of hydrogen-bond acceptors (Lipinski definition) is 3. The summed E-state index contributed by atoms with van der Waals surface area (Å²) in [7, 11) is 1.91. The lowest BCUT2D eigenvalue weighted by Gasteiger charge is -2.12. The van der Waals surface area contributed by atoms with Crippen LogP contribution in [0.15, 0.2) is 18.3 Å². The molecule has 0 radical (unpaired) electrons. The molecule has 0 saturated heterocycles. The number of nitrogens with one attached hydrogen (secondary N) is 1. The van der Waals surface area contributed by atoms with Crippen LogP contribution in [0.5, 0.6) is 5.75 Å². The fraction of sp³-hybridized carbons (Fsp3) is 0.444. The van der Waals surface area contributed by atoms with E-state index < -0.39 is 0 Å². The van der Waals surface area contributed by atoms with Gasteiger partial charge in [-0.3, -0.25) is 4.98 Å². The Balaban J connectivity index is 2.80. The highest BCUT2D eigenvalue weighted by molar-refractivity contribution is 5.19. The molecule has 0 aliphatic heterocycles. The monoisotopic (exact) mass is 166 g/mol. The number of nitrogens with zero attached hydrogens (tertiary/aromatic N) is 1. The van der Waals surface area contributed by atoms with Gasteiger partial charge in [0.15, 0.2) is 0 Å². The fourth-order valence-corrected chi connectivity index (χ4v) is 1.16. The summed E-state index contributed by atoms with van der Waals surface area (Å²) in [5.41, 5.74) is 0.970. The van der Waals surface area contributed by atoms with Gasteiger partial charge in [-0.2, -0.15) is 0 Å². The van der Waals surface area contributed by atoms with Gasteiger partial charge in [0.2, 0.25) is 0 Å². The highest BCUT2D eigenvalue weighted by atomic mass is 16.3. The van der Waals surface area contributed by atoms with Crippen molar-refractivity contribution in [1.82, 2.24) is 10.3 Å². The molecule has 1 atom stereocenters. The first kappa shape index (κ1) is 9.00. The molecule has 1 rings (SSSR count). The van der Waals surface area contributed by atoms with E-state index in [1.807, 2.05) is 13.1 Å². The molecule has 1 heterocycles. The second-order valence-corrected chi connectivity index (χ2v) is 2.69. The average Bonchev–Trinajstić information content (AvgIpc) is 2.10. The molecule has 0 bridgehead atoms. The molecule has 0 aromatic carbocycles. The Hall–Kier alpha value is -1.09. The van der Waals surface area contributed by atoms with Gasteiger partial charge in [0.1, 0.15) is 5.75 Å². The zero-order valence-corrected chi connectivity index (χ0v) is 7.41. The van der Waals surface area contributed by atoms with Gasteiger partial charge in [0.25, 0.3) is 0 Å². The number of aromatic nitrogens is 1. The Morgan fingerprint density at radius 2 is 2.33 bits per heavy atom. The molecule has 1 aromatic rings. The Labute approximate surface area is 72.5 Å². The molecule has 0 spiro atoms. The van der Waals surface area contributed by atoms with Crippen LogP contribution in [-0.2, 0) is 0 Å². The largest absolute Gasteiger partial charge is 0.506 e. The standard InChI is InChI=1S/C9H14N2O/c1-3-8(10-2)9-5-4-7(12)6-11-9/h4-6,8,10,12H,3H2,1-2H3. The topological polar surface area (TPSA) is 45.1 Å². The number of hydrogen-bond donors (Lipinski definition) is 2. The van der Waals surface area contributed by atoms with Crippen molar-refractivity contribution in [2.45, 2.75) is 19.4 Å². The zero-order chi connectivity index (χ0) is 8.97. The number of pyridine rings is 1. The van der Waals surface area contributed by atoms with E-state index in [4.69, 9.17) is 5.11 Å². The van der Waals surface area contributed by atoms with Crippen molar-refractivity contribution in [3.8, 4) is 5.75 Å². The minimum Gasteiger partial charge on any atom is -0.506 e. The lowest BCUT2D eigenvalue weighted by atomic mass is 10.1. The van der Waals surface area contributed by atoms with E-state index in [0.717, 1.165) is 12.1 Å². The van der Waals surface area contributed by atoms with Crippen molar-refractivity contribution in [3.63, 3.8) is 0 Å². The predicted molar refractivity (Wildman–Crippen MR) is 48.0 cm³/mol. The van der Waals surface area contributed by atoms with Gasteiger partial charge in [-0.25, -0.2) is 0 Å². The maximum absolute atomic E-state index is 9.00. The summed E-state index contributed by atoms with van der Waals surface area (Å²) in [5, 5.41) is 12.1. The van der Waals surface area contributed by atoms with Crippen LogP contribution in [0.3, 0.4) is 0 Å². The molecular weight excluding hydrogens is 152 g/mol. The molecule has 0 aliphatic carbocycles. The Morgan fingerprint density at radius 3 is 2.75 bits per heavy atom. The molecule has 0 aliphatic rings. The summed E-state index contributed by atoms with van der Waals surface area (Å²) in [6.07, 6.45) is 2.46. The van der Waals surface area contributed by atoms with Crippen LogP contribution >= 0.6 is 0 Å². The predicted octanol–water partition coefficient (Wildman–Crippen LogP) is 1.46. The van der Waals surface area contributed by atoms with Gasteiger partial charge >= 0.3 is 0 Å². The smallest absolute Gasteiger partial charge is 0.133 e. The SMILES string of the molecule is CCC(NC)c1ccc(O)cn1. The first-order chi connectivity index (χ1) is 5.77. The summed E-state index contributed by atoms with van der Waals surface area (Å²) in [4.78, 5) is 4.11. The van der Waals surface area contributed by atoms with Crippen LogP contribution in [0, 0.1) is 0 Å². The van der Waals surface area contributed by atoms with Gasteiger partial charge in [0, 0.05) is 6.04 Å². The van der Waals surface area contributed by atoms with Gasteiger partial charge in [-0.1, -0.05) is 6.92 Å². The van der Waals surface area contributed by atoms with Crippen molar-refractivity contribution < 1.29 is 5.11 Å². The van der Waals surface area contributed by atoms with Gasteiger partial charge in [-0.05, 0) is 25.6 Å². The molecule has 0 saturated carbocycles. The third kappa shape index (κ3) is 1.95. The molecule has 3 heteroatoms. The third-order valence-corrected chi connectivity index (χ3v) is 1.88. The van der Waals surface area contributed by atoms with Crippen LogP contribution in [0.1, 0.15) is 25.1 Å². The van der Waals surface area contributed by atoms with Crippen LogP contribution < -0.4 is 5.32 Å². The minimum atomic E-state index is 0.213. The summed E-state index contributed by atoms with van der Waals surface area (Å²) >= 11 is 0. The quantitative estimate of drug-likeness (QED) is 0.714. The Bertz CT molecular complexity index is 229. The minimum absolute atomic E-state index is 0.213. The van der Waals surface area contributed by atoms with E-state index in [2.05, 4.69) is 17.2 Å². The van der Waals surface area contributed by atoms with Gasteiger partial charge < -0.3 is 10.4 Å². The highest BCUT2D eigenvalue weighted by Crippen LogP contribution is 2.15. The van der Waals surface area contributed by atoms with Crippen molar-refractivity contribution >= 4 is 0 Å². The van der Waals surface area contributed by atoms with E-state index in [0.29, 0.717) is 0 Å². The number of rotatable bonds is 3. The summed E-state index contributed by atoms with van der Waals surface area (Å²) in [6.45, 7) is 2.09. The molecule has 0 amide bonds. The highest BCUT2D eigenvalue weighted by Gasteiger charge is 2.06. The maximum atomic E-state index is 9.00. The molecule has 12 heavy (non-hydrogen) atoms. The van der Waals surface area contributed by atoms with Crippen LogP contribution in [0.25, 0.3) is 0 Å². The first-order valence-corrected chi connectivity index (χ1v) is 4.10. The second-order valence-electron chi connectivity index (χ2n) is 2.69. The molecular formula is C9H14N2O. The van der Waals surface area contributed by atoms with E-state index >= 15 is 0 Å². The summed E-state index contributed by atoms with van der Waals surface area (Å²) < 4.78 is 0. The van der Waals surface area contributed by atoms with E-state index in [1.54, 1.807) is 6.07 Å². The first-order valence-electron chi connectivity index (χ1n) is 4.10. The van der Waals surface area contributed by atoms with Gasteiger partial charge in [0.05, 0.1) is 11.9 Å². The van der Waals surface area contributed by atoms with Crippen LogP contribution in [0.4, 0.5) is 0 Å². The van der Waals surface area contributed by atoms with Crippen LogP contribution in [0.2, 0.25) is 0 Å². The molecule has 1 aromatic heterocycles. The Kier molecular flexibility index (Phi) is 3.05. The van der Waals surface area contributed by atoms with Crippen molar-refractivity contribution in [2.24, 2.45) is 0 Å². The second kappa shape index (κ2) is 4.07. The fourth-order valence-electron chi connectivity index (χ4n) is 1.16. The molecule has 2 N–H and O–H groups in total. The Morgan fingerprint density at radius 1 is 1.58 bits per heavy atom. The molecule has 66 valence electrons. The summed E-state index contributed by atoms with van der Waals surface area (Å²) in [6, 6.07) is 3.77. The zero-order valence-electron chi connectivity index (χ0n) is 7.41. The van der Waals surface area contributed by atoms with Crippen molar-refractivity contribution in [3.05, 3.63) is 24.0 Å². The molecule has 1 unspecified atom stereocenters. The van der Waals surface area contributed by atoms with E-state index in [9.17, 15) is 0 Å². The van der Waals surface area contributed by atoms with Crippen LogP contribution in [-0.4, -0.2) is 17.1 Å².